The normalized spacial score (nSPS) is 10.8. The van der Waals surface area contributed by atoms with Crippen LogP contribution in [-0.2, 0) is 6.54 Å². The molecule has 1 heterocycles. The Bertz CT molecular complexity index is 1070. The molecule has 1 aromatic heterocycles. The van der Waals surface area contributed by atoms with Gasteiger partial charge in [0.1, 0.15) is 11.6 Å². The van der Waals surface area contributed by atoms with Gasteiger partial charge in [-0.05, 0) is 35.7 Å². The second kappa shape index (κ2) is 5.75. The molecule has 0 fully saturated rings. The van der Waals surface area contributed by atoms with Gasteiger partial charge in [-0.2, -0.15) is 0 Å². The summed E-state index contributed by atoms with van der Waals surface area (Å²) in [5, 5.41) is 2.32. The maximum atomic E-state index is 5.60. The molecule has 0 aliphatic heterocycles. The van der Waals surface area contributed by atoms with Crippen molar-refractivity contribution in [1.29, 1.82) is 0 Å². The molecule has 0 unspecified atom stereocenters. The maximum absolute atomic E-state index is 5.60. The number of aromatic nitrogens is 2. The van der Waals surface area contributed by atoms with Gasteiger partial charge in [0.2, 0.25) is 0 Å². The van der Waals surface area contributed by atoms with Crippen molar-refractivity contribution in [2.75, 3.05) is 7.11 Å². The van der Waals surface area contributed by atoms with Crippen molar-refractivity contribution >= 4 is 21.8 Å². The highest BCUT2D eigenvalue weighted by Gasteiger charge is 2.14. The molecule has 0 amide bonds. The van der Waals surface area contributed by atoms with Gasteiger partial charge in [0.15, 0.2) is 0 Å². The third-order valence-electron chi connectivity index (χ3n) is 4.24. The second-order valence-electron chi connectivity index (χ2n) is 5.61. The standard InChI is InChI=1S/C21H16N2O/c1-3-14-23-19-13-10-15-6-4-5-7-18(15)20(19)22-21(23)16-8-11-17(24-2)12-9-16/h1,4-13H,14H2,2H3. The molecule has 4 aromatic rings. The molecule has 4 rings (SSSR count). The number of terminal acetylenes is 1. The minimum absolute atomic E-state index is 0.482. The van der Waals surface area contributed by atoms with E-state index in [9.17, 15) is 0 Å². The predicted molar refractivity (Wildman–Crippen MR) is 98.1 cm³/mol. The Hall–Kier alpha value is -3.25. The number of ether oxygens (including phenoxy) is 1. The van der Waals surface area contributed by atoms with Crippen LogP contribution in [0.3, 0.4) is 0 Å². The number of methoxy groups -OCH3 is 1. The zero-order chi connectivity index (χ0) is 16.5. The summed E-state index contributed by atoms with van der Waals surface area (Å²) in [5.41, 5.74) is 3.05. The van der Waals surface area contributed by atoms with Crippen LogP contribution in [0.4, 0.5) is 0 Å². The van der Waals surface area contributed by atoms with Gasteiger partial charge in [-0.25, -0.2) is 4.98 Å². The topological polar surface area (TPSA) is 27.1 Å². The van der Waals surface area contributed by atoms with Crippen molar-refractivity contribution < 1.29 is 4.74 Å². The molecular weight excluding hydrogens is 296 g/mol. The molecule has 3 aromatic carbocycles. The fourth-order valence-corrected chi connectivity index (χ4v) is 3.07. The van der Waals surface area contributed by atoms with Crippen LogP contribution in [-0.4, -0.2) is 16.7 Å². The van der Waals surface area contributed by atoms with Crippen molar-refractivity contribution in [3.8, 4) is 29.5 Å². The number of hydrogen-bond donors (Lipinski definition) is 0. The maximum Gasteiger partial charge on any atom is 0.142 e. The molecule has 0 atom stereocenters. The highest BCUT2D eigenvalue weighted by Crippen LogP contribution is 2.30. The van der Waals surface area contributed by atoms with Gasteiger partial charge in [0.25, 0.3) is 0 Å². The number of imidazole rings is 1. The van der Waals surface area contributed by atoms with E-state index in [-0.39, 0.29) is 0 Å². The average Bonchev–Trinajstić information content (AvgIpc) is 3.01. The third kappa shape index (κ3) is 2.21. The highest BCUT2D eigenvalue weighted by molar-refractivity contribution is 6.05. The van der Waals surface area contributed by atoms with Crippen LogP contribution >= 0.6 is 0 Å². The Labute approximate surface area is 140 Å². The van der Waals surface area contributed by atoms with E-state index in [1.807, 2.05) is 36.4 Å². The summed E-state index contributed by atoms with van der Waals surface area (Å²) in [6.07, 6.45) is 5.60. The van der Waals surface area contributed by atoms with Crippen molar-refractivity contribution in [2.45, 2.75) is 6.54 Å². The highest BCUT2D eigenvalue weighted by atomic mass is 16.5. The zero-order valence-electron chi connectivity index (χ0n) is 13.4. The first-order valence-electron chi connectivity index (χ1n) is 7.77. The fourth-order valence-electron chi connectivity index (χ4n) is 3.07. The first kappa shape index (κ1) is 14.3. The third-order valence-corrected chi connectivity index (χ3v) is 4.24. The van der Waals surface area contributed by atoms with Crippen LogP contribution in [0.15, 0.2) is 60.7 Å². The minimum Gasteiger partial charge on any atom is -0.497 e. The fraction of sp³-hybridized carbons (Fsp3) is 0.0952. The van der Waals surface area contributed by atoms with Gasteiger partial charge in [-0.15, -0.1) is 6.42 Å². The van der Waals surface area contributed by atoms with E-state index >= 15 is 0 Å². The molecule has 0 saturated heterocycles. The van der Waals surface area contributed by atoms with E-state index in [4.69, 9.17) is 16.1 Å². The largest absolute Gasteiger partial charge is 0.497 e. The van der Waals surface area contributed by atoms with Gasteiger partial charge in [-0.3, -0.25) is 0 Å². The van der Waals surface area contributed by atoms with Gasteiger partial charge in [-0.1, -0.05) is 36.3 Å². The molecule has 0 spiro atoms. The number of benzene rings is 3. The van der Waals surface area contributed by atoms with E-state index in [0.29, 0.717) is 6.54 Å². The quantitative estimate of drug-likeness (QED) is 0.521. The van der Waals surface area contributed by atoms with Gasteiger partial charge >= 0.3 is 0 Å². The van der Waals surface area contributed by atoms with Crippen LogP contribution in [0.5, 0.6) is 5.75 Å². The SMILES string of the molecule is C#CCn1c(-c2ccc(OC)cc2)nc2c3ccccc3ccc21. The number of rotatable bonds is 3. The molecular formula is C21H16N2O. The predicted octanol–water partition coefficient (Wildman–Crippen LogP) is 4.50. The van der Waals surface area contributed by atoms with E-state index in [0.717, 1.165) is 33.6 Å². The Morgan fingerprint density at radius 3 is 2.58 bits per heavy atom. The first-order chi connectivity index (χ1) is 11.8. The van der Waals surface area contributed by atoms with Crippen LogP contribution in [0, 0.1) is 12.3 Å². The van der Waals surface area contributed by atoms with Crippen LogP contribution in [0.1, 0.15) is 0 Å². The summed E-state index contributed by atoms with van der Waals surface area (Å²) < 4.78 is 7.33. The van der Waals surface area contributed by atoms with Crippen LogP contribution < -0.4 is 4.74 Å². The Balaban J connectivity index is 2.01. The number of nitrogens with zero attached hydrogens (tertiary/aromatic N) is 2. The van der Waals surface area contributed by atoms with Gasteiger partial charge in [0, 0.05) is 10.9 Å². The van der Waals surface area contributed by atoms with Crippen molar-refractivity contribution in [3.05, 3.63) is 60.7 Å². The van der Waals surface area contributed by atoms with Crippen molar-refractivity contribution in [3.63, 3.8) is 0 Å². The van der Waals surface area contributed by atoms with Crippen LogP contribution in [0.2, 0.25) is 0 Å². The van der Waals surface area contributed by atoms with E-state index in [1.54, 1.807) is 7.11 Å². The number of hydrogen-bond acceptors (Lipinski definition) is 2. The van der Waals surface area contributed by atoms with E-state index in [1.165, 1.54) is 5.39 Å². The summed E-state index contributed by atoms with van der Waals surface area (Å²) in [5.74, 6) is 4.44. The van der Waals surface area contributed by atoms with Crippen molar-refractivity contribution in [2.24, 2.45) is 0 Å². The molecule has 116 valence electrons. The van der Waals surface area contributed by atoms with Gasteiger partial charge < -0.3 is 9.30 Å². The molecule has 3 nitrogen and oxygen atoms in total. The summed E-state index contributed by atoms with van der Waals surface area (Å²) in [6.45, 7) is 0.482. The summed E-state index contributed by atoms with van der Waals surface area (Å²) in [4.78, 5) is 4.91. The smallest absolute Gasteiger partial charge is 0.142 e. The Kier molecular flexibility index (Phi) is 3.44. The molecule has 0 aliphatic carbocycles. The molecule has 24 heavy (non-hydrogen) atoms. The lowest BCUT2D eigenvalue weighted by molar-refractivity contribution is 0.415. The lowest BCUT2D eigenvalue weighted by Crippen LogP contribution is -1.98. The summed E-state index contributed by atoms with van der Waals surface area (Å²) in [6, 6.07) is 20.4. The molecule has 0 radical (unpaired) electrons. The molecule has 0 N–H and O–H groups in total. The lowest BCUT2D eigenvalue weighted by atomic mass is 10.1. The van der Waals surface area contributed by atoms with E-state index < -0.39 is 0 Å². The number of fused-ring (bicyclic) bond motifs is 3. The Morgan fingerprint density at radius 1 is 1.04 bits per heavy atom. The second-order valence-corrected chi connectivity index (χ2v) is 5.61. The first-order valence-corrected chi connectivity index (χ1v) is 7.77. The summed E-state index contributed by atoms with van der Waals surface area (Å²) in [7, 11) is 1.66. The van der Waals surface area contributed by atoms with Crippen molar-refractivity contribution in [1.82, 2.24) is 9.55 Å². The lowest BCUT2D eigenvalue weighted by Gasteiger charge is -2.06. The zero-order valence-corrected chi connectivity index (χ0v) is 13.4. The van der Waals surface area contributed by atoms with E-state index in [2.05, 4.69) is 34.8 Å². The minimum atomic E-state index is 0.482. The molecule has 3 heteroatoms. The molecule has 0 bridgehead atoms. The average molecular weight is 312 g/mol. The summed E-state index contributed by atoms with van der Waals surface area (Å²) >= 11 is 0. The van der Waals surface area contributed by atoms with Gasteiger partial charge in [0.05, 0.1) is 24.7 Å². The Morgan fingerprint density at radius 2 is 1.83 bits per heavy atom. The monoisotopic (exact) mass is 312 g/mol. The molecule has 0 saturated carbocycles. The van der Waals surface area contributed by atoms with Crippen LogP contribution in [0.25, 0.3) is 33.2 Å². The molecule has 0 aliphatic rings.